The van der Waals surface area contributed by atoms with Crippen LogP contribution in [0.15, 0.2) is 0 Å². The topological polar surface area (TPSA) is 55.8 Å². The number of hydrogen-bond acceptors (Lipinski definition) is 3. The van der Waals surface area contributed by atoms with E-state index in [2.05, 4.69) is 0 Å². The van der Waals surface area contributed by atoms with Crippen molar-refractivity contribution < 1.29 is 19.4 Å². The number of carboxylic acids is 1. The van der Waals surface area contributed by atoms with Crippen LogP contribution in [0.3, 0.4) is 0 Å². The van der Waals surface area contributed by atoms with E-state index in [1.165, 1.54) is 0 Å². The molecule has 0 aromatic rings. The van der Waals surface area contributed by atoms with Gasteiger partial charge in [-0.2, -0.15) is 0 Å². The fraction of sp³-hybridized carbons (Fsp3) is 0.923. The predicted molar refractivity (Wildman–Crippen MR) is 65.0 cm³/mol. The van der Waals surface area contributed by atoms with Crippen molar-refractivity contribution in [2.24, 2.45) is 5.92 Å². The Morgan fingerprint density at radius 2 is 1.88 bits per heavy atom. The van der Waals surface area contributed by atoms with Crippen LogP contribution in [0.4, 0.5) is 0 Å². The first-order valence-electron chi connectivity index (χ1n) is 6.34. The Bertz CT molecular complexity index is 242. The SMILES string of the molecule is COC(C)(C)CCOC1CCC(C(=O)O)CC1. The van der Waals surface area contributed by atoms with E-state index in [1.54, 1.807) is 7.11 Å². The van der Waals surface area contributed by atoms with Gasteiger partial charge in [0.1, 0.15) is 0 Å². The molecule has 1 aliphatic rings. The van der Waals surface area contributed by atoms with Crippen LogP contribution in [0.5, 0.6) is 0 Å². The van der Waals surface area contributed by atoms with Crippen molar-refractivity contribution in [1.29, 1.82) is 0 Å². The number of rotatable bonds is 6. The first kappa shape index (κ1) is 14.5. The molecule has 4 nitrogen and oxygen atoms in total. The van der Waals surface area contributed by atoms with Gasteiger partial charge < -0.3 is 14.6 Å². The zero-order chi connectivity index (χ0) is 12.9. The van der Waals surface area contributed by atoms with Crippen LogP contribution in [-0.2, 0) is 14.3 Å². The Labute approximate surface area is 103 Å². The maximum absolute atomic E-state index is 10.8. The van der Waals surface area contributed by atoms with Gasteiger partial charge in [-0.05, 0) is 46.0 Å². The highest BCUT2D eigenvalue weighted by Gasteiger charge is 2.26. The molecular formula is C13H24O4. The third-order valence-corrected chi connectivity index (χ3v) is 3.63. The molecule has 0 atom stereocenters. The summed E-state index contributed by atoms with van der Waals surface area (Å²) < 4.78 is 11.1. The maximum atomic E-state index is 10.8. The first-order chi connectivity index (χ1) is 7.94. The van der Waals surface area contributed by atoms with Gasteiger partial charge in [0.25, 0.3) is 0 Å². The summed E-state index contributed by atoms with van der Waals surface area (Å²) in [5.74, 6) is -0.825. The van der Waals surface area contributed by atoms with E-state index in [0.717, 1.165) is 32.1 Å². The standard InChI is InChI=1S/C13H24O4/c1-13(2,16-3)8-9-17-11-6-4-10(5-7-11)12(14)15/h10-11H,4-9H2,1-3H3,(H,14,15). The van der Waals surface area contributed by atoms with Crippen molar-refractivity contribution >= 4 is 5.97 Å². The van der Waals surface area contributed by atoms with E-state index in [1.807, 2.05) is 13.8 Å². The molecule has 0 bridgehead atoms. The van der Waals surface area contributed by atoms with Crippen LogP contribution in [-0.4, -0.2) is 36.5 Å². The van der Waals surface area contributed by atoms with Gasteiger partial charge in [0.2, 0.25) is 0 Å². The highest BCUT2D eigenvalue weighted by Crippen LogP contribution is 2.26. The molecule has 0 saturated heterocycles. The van der Waals surface area contributed by atoms with Crippen LogP contribution in [0.1, 0.15) is 46.0 Å². The van der Waals surface area contributed by atoms with Crippen LogP contribution >= 0.6 is 0 Å². The number of hydrogen-bond donors (Lipinski definition) is 1. The summed E-state index contributed by atoms with van der Waals surface area (Å²) >= 11 is 0. The molecule has 1 rings (SSSR count). The van der Waals surface area contributed by atoms with Gasteiger partial charge in [-0.3, -0.25) is 4.79 Å². The minimum atomic E-state index is -0.663. The van der Waals surface area contributed by atoms with E-state index in [-0.39, 0.29) is 17.6 Å². The molecular weight excluding hydrogens is 220 g/mol. The molecule has 1 aliphatic carbocycles. The normalized spacial score (nSPS) is 25.8. The van der Waals surface area contributed by atoms with Crippen LogP contribution in [0.25, 0.3) is 0 Å². The second kappa shape index (κ2) is 6.36. The van der Waals surface area contributed by atoms with Gasteiger partial charge in [0, 0.05) is 13.7 Å². The smallest absolute Gasteiger partial charge is 0.306 e. The molecule has 0 radical (unpaired) electrons. The van der Waals surface area contributed by atoms with Crippen molar-refractivity contribution in [3.8, 4) is 0 Å². The second-order valence-corrected chi connectivity index (χ2v) is 5.40. The molecule has 4 heteroatoms. The Hall–Kier alpha value is -0.610. The van der Waals surface area contributed by atoms with E-state index >= 15 is 0 Å². The van der Waals surface area contributed by atoms with E-state index in [9.17, 15) is 4.79 Å². The van der Waals surface area contributed by atoms with Crippen molar-refractivity contribution in [2.45, 2.75) is 57.7 Å². The zero-order valence-electron chi connectivity index (χ0n) is 11.1. The van der Waals surface area contributed by atoms with E-state index in [0.29, 0.717) is 6.61 Å². The van der Waals surface area contributed by atoms with Gasteiger partial charge in [-0.1, -0.05) is 0 Å². The molecule has 0 amide bonds. The number of methoxy groups -OCH3 is 1. The summed E-state index contributed by atoms with van der Waals surface area (Å²) in [5.41, 5.74) is -0.141. The van der Waals surface area contributed by atoms with Crippen molar-refractivity contribution in [3.05, 3.63) is 0 Å². The summed E-state index contributed by atoms with van der Waals surface area (Å²) in [7, 11) is 1.71. The van der Waals surface area contributed by atoms with Crippen LogP contribution < -0.4 is 0 Å². The van der Waals surface area contributed by atoms with Crippen LogP contribution in [0, 0.1) is 5.92 Å². The Morgan fingerprint density at radius 3 is 2.35 bits per heavy atom. The van der Waals surface area contributed by atoms with Crippen molar-refractivity contribution in [3.63, 3.8) is 0 Å². The van der Waals surface area contributed by atoms with Gasteiger partial charge in [0.15, 0.2) is 0 Å². The molecule has 17 heavy (non-hydrogen) atoms. The van der Waals surface area contributed by atoms with Crippen molar-refractivity contribution in [2.75, 3.05) is 13.7 Å². The lowest BCUT2D eigenvalue weighted by Crippen LogP contribution is -2.29. The lowest BCUT2D eigenvalue weighted by atomic mass is 9.87. The molecule has 0 heterocycles. The van der Waals surface area contributed by atoms with Gasteiger partial charge in [-0.25, -0.2) is 0 Å². The average Bonchev–Trinajstić information content (AvgIpc) is 2.29. The molecule has 0 aromatic heterocycles. The van der Waals surface area contributed by atoms with Gasteiger partial charge in [-0.15, -0.1) is 0 Å². The predicted octanol–water partition coefficient (Wildman–Crippen LogP) is 2.46. The highest BCUT2D eigenvalue weighted by atomic mass is 16.5. The summed E-state index contributed by atoms with van der Waals surface area (Å²) in [4.78, 5) is 10.8. The molecule has 0 aliphatic heterocycles. The minimum Gasteiger partial charge on any atom is -0.481 e. The van der Waals surface area contributed by atoms with E-state index < -0.39 is 5.97 Å². The number of carbonyl (C=O) groups is 1. The molecule has 0 aromatic carbocycles. The molecule has 1 saturated carbocycles. The lowest BCUT2D eigenvalue weighted by Gasteiger charge is -2.28. The Balaban J connectivity index is 2.16. The third kappa shape index (κ3) is 5.04. The first-order valence-corrected chi connectivity index (χ1v) is 6.34. The molecule has 0 unspecified atom stereocenters. The summed E-state index contributed by atoms with van der Waals surface area (Å²) in [6.07, 6.45) is 4.32. The Kier molecular flexibility index (Phi) is 5.40. The summed E-state index contributed by atoms with van der Waals surface area (Å²) in [6, 6.07) is 0. The minimum absolute atomic E-state index is 0.141. The Morgan fingerprint density at radius 1 is 1.29 bits per heavy atom. The largest absolute Gasteiger partial charge is 0.481 e. The van der Waals surface area contributed by atoms with Gasteiger partial charge >= 0.3 is 5.97 Å². The van der Waals surface area contributed by atoms with Crippen molar-refractivity contribution in [1.82, 2.24) is 0 Å². The fourth-order valence-corrected chi connectivity index (χ4v) is 2.05. The molecule has 0 spiro atoms. The number of aliphatic carboxylic acids is 1. The highest BCUT2D eigenvalue weighted by molar-refractivity contribution is 5.69. The summed E-state index contributed by atoms with van der Waals surface area (Å²) in [5, 5.41) is 8.88. The molecule has 100 valence electrons. The van der Waals surface area contributed by atoms with E-state index in [4.69, 9.17) is 14.6 Å². The monoisotopic (exact) mass is 244 g/mol. The zero-order valence-corrected chi connectivity index (χ0v) is 11.1. The third-order valence-electron chi connectivity index (χ3n) is 3.63. The maximum Gasteiger partial charge on any atom is 0.306 e. The molecule has 1 fully saturated rings. The fourth-order valence-electron chi connectivity index (χ4n) is 2.05. The number of carboxylic acid groups (broad SMARTS) is 1. The molecule has 1 N–H and O–H groups in total. The van der Waals surface area contributed by atoms with Crippen LogP contribution in [0.2, 0.25) is 0 Å². The average molecular weight is 244 g/mol. The van der Waals surface area contributed by atoms with Gasteiger partial charge in [0.05, 0.1) is 17.6 Å². The lowest BCUT2D eigenvalue weighted by molar-refractivity contribution is -0.143. The second-order valence-electron chi connectivity index (χ2n) is 5.40. The summed E-state index contributed by atoms with van der Waals surface area (Å²) in [6.45, 7) is 4.76. The number of ether oxygens (including phenoxy) is 2. The quantitative estimate of drug-likeness (QED) is 0.779.